The molecular weight excluding hydrogens is 478 g/mol. The van der Waals surface area contributed by atoms with E-state index < -0.39 is 23.9 Å². The number of carbonyl (C=O) groups is 3. The van der Waals surface area contributed by atoms with Gasteiger partial charge in [-0.05, 0) is 37.6 Å². The summed E-state index contributed by atoms with van der Waals surface area (Å²) in [4.78, 5) is 40.0. The summed E-state index contributed by atoms with van der Waals surface area (Å²) >= 11 is 0. The summed E-state index contributed by atoms with van der Waals surface area (Å²) in [5.74, 6) is -0.375. The Labute approximate surface area is 212 Å². The second kappa shape index (κ2) is 11.3. The van der Waals surface area contributed by atoms with Crippen molar-refractivity contribution in [2.45, 2.75) is 19.9 Å². The maximum Gasteiger partial charge on any atom is 0.338 e. The average Bonchev–Trinajstić information content (AvgIpc) is 3.30. The van der Waals surface area contributed by atoms with Crippen molar-refractivity contribution in [1.82, 2.24) is 21.0 Å². The average molecular weight is 506 g/mol. The number of H-pyrrole nitrogens is 1. The molecule has 4 rings (SSSR count). The number of urea groups is 1. The van der Waals surface area contributed by atoms with Crippen molar-refractivity contribution in [3.8, 4) is 11.5 Å². The van der Waals surface area contributed by atoms with Crippen LogP contribution in [0.25, 0.3) is 10.9 Å². The molecule has 0 unspecified atom stereocenters. The van der Waals surface area contributed by atoms with Crippen LogP contribution >= 0.6 is 0 Å². The second-order valence-corrected chi connectivity index (χ2v) is 8.07. The quantitative estimate of drug-likeness (QED) is 0.200. The van der Waals surface area contributed by atoms with E-state index in [4.69, 9.17) is 14.2 Å². The number of ether oxygens (including phenoxy) is 3. The molecule has 37 heavy (non-hydrogen) atoms. The molecule has 192 valence electrons. The Hall–Kier alpha value is -4.80. The first kappa shape index (κ1) is 25.3. The summed E-state index contributed by atoms with van der Waals surface area (Å²) in [6.45, 7) is 3.22. The van der Waals surface area contributed by atoms with E-state index in [1.165, 1.54) is 7.11 Å². The number of aromatic amines is 1. The lowest BCUT2D eigenvalue weighted by molar-refractivity contribution is -0.139. The maximum absolute atomic E-state index is 12.5. The summed E-state index contributed by atoms with van der Waals surface area (Å²) in [5, 5.41) is 10.3. The Morgan fingerprint density at radius 3 is 2.76 bits per heavy atom. The first-order valence-electron chi connectivity index (χ1n) is 11.6. The Balaban J connectivity index is 1.42. The molecule has 4 N–H and O–H groups in total. The van der Waals surface area contributed by atoms with Gasteiger partial charge in [-0.15, -0.1) is 0 Å². The van der Waals surface area contributed by atoms with Crippen LogP contribution in [0.3, 0.4) is 0 Å². The fourth-order valence-corrected chi connectivity index (χ4v) is 3.96. The number of hydrogen-bond donors (Lipinski definition) is 4. The number of benzene rings is 2. The molecule has 0 saturated heterocycles. The van der Waals surface area contributed by atoms with E-state index >= 15 is 0 Å². The molecular formula is C26H27N5O6. The van der Waals surface area contributed by atoms with Crippen LogP contribution in [-0.4, -0.2) is 49.4 Å². The lowest BCUT2D eigenvalue weighted by Gasteiger charge is -2.28. The van der Waals surface area contributed by atoms with Gasteiger partial charge in [0.15, 0.2) is 18.1 Å². The van der Waals surface area contributed by atoms with Gasteiger partial charge >= 0.3 is 12.0 Å². The number of nitrogens with zero attached hydrogens (tertiary/aromatic N) is 1. The van der Waals surface area contributed by atoms with E-state index in [1.54, 1.807) is 44.5 Å². The van der Waals surface area contributed by atoms with E-state index in [9.17, 15) is 14.4 Å². The number of hydrazone groups is 1. The summed E-state index contributed by atoms with van der Waals surface area (Å²) in [6.07, 6.45) is 3.36. The molecule has 0 fully saturated rings. The lowest BCUT2D eigenvalue weighted by Crippen LogP contribution is -2.45. The summed E-state index contributed by atoms with van der Waals surface area (Å²) in [7, 11) is 1.45. The first-order chi connectivity index (χ1) is 17.9. The van der Waals surface area contributed by atoms with Gasteiger partial charge in [-0.25, -0.2) is 15.0 Å². The Morgan fingerprint density at radius 1 is 1.16 bits per heavy atom. The minimum Gasteiger partial charge on any atom is -0.493 e. The number of amides is 3. The standard InChI is InChI=1S/C26H27N5O6/c1-4-36-25(33)23-15(2)29-26(34)30-24(23)16-9-10-20(21(11-16)35-3)37-14-22(32)31-28-13-17-12-27-19-8-6-5-7-18(17)19/h5-13,24,27H,4,14H2,1-3H3,(H,31,32)(H2,29,30,34)/b28-13-/t24-/m1/s1. The molecule has 0 radical (unpaired) electrons. The molecule has 0 saturated carbocycles. The zero-order valence-electron chi connectivity index (χ0n) is 20.6. The molecule has 3 amide bonds. The molecule has 1 aliphatic rings. The number of hydrogen-bond acceptors (Lipinski definition) is 7. The van der Waals surface area contributed by atoms with E-state index in [0.717, 1.165) is 16.5 Å². The highest BCUT2D eigenvalue weighted by atomic mass is 16.5. The molecule has 3 aromatic rings. The predicted molar refractivity (Wildman–Crippen MR) is 136 cm³/mol. The molecule has 11 nitrogen and oxygen atoms in total. The Kier molecular flexibility index (Phi) is 7.72. The highest BCUT2D eigenvalue weighted by Gasteiger charge is 2.32. The third kappa shape index (κ3) is 5.72. The van der Waals surface area contributed by atoms with Gasteiger partial charge in [0.25, 0.3) is 5.91 Å². The first-order valence-corrected chi connectivity index (χ1v) is 11.6. The number of fused-ring (bicyclic) bond motifs is 1. The number of esters is 1. The minimum absolute atomic E-state index is 0.195. The number of methoxy groups -OCH3 is 1. The van der Waals surface area contributed by atoms with E-state index in [-0.39, 0.29) is 18.8 Å². The molecule has 1 aromatic heterocycles. The minimum atomic E-state index is -0.752. The highest BCUT2D eigenvalue weighted by Crippen LogP contribution is 2.34. The van der Waals surface area contributed by atoms with E-state index in [1.807, 2.05) is 24.3 Å². The third-order valence-corrected chi connectivity index (χ3v) is 5.66. The zero-order valence-corrected chi connectivity index (χ0v) is 20.6. The van der Waals surface area contributed by atoms with Crippen LogP contribution in [0.4, 0.5) is 4.79 Å². The van der Waals surface area contributed by atoms with Crippen molar-refractivity contribution in [3.05, 3.63) is 71.1 Å². The van der Waals surface area contributed by atoms with Crippen LogP contribution in [0.2, 0.25) is 0 Å². The van der Waals surface area contributed by atoms with Crippen molar-refractivity contribution in [2.24, 2.45) is 5.10 Å². The fraction of sp³-hybridized carbons (Fsp3) is 0.231. The van der Waals surface area contributed by atoms with E-state index in [0.29, 0.717) is 22.8 Å². The molecule has 1 aliphatic heterocycles. The normalized spacial score (nSPS) is 15.3. The third-order valence-electron chi connectivity index (χ3n) is 5.66. The van der Waals surface area contributed by atoms with Crippen LogP contribution < -0.4 is 25.5 Å². The van der Waals surface area contributed by atoms with Crippen LogP contribution in [0.15, 0.2) is 65.0 Å². The highest BCUT2D eigenvalue weighted by molar-refractivity contribution is 5.99. The molecule has 1 atom stereocenters. The van der Waals surface area contributed by atoms with Gasteiger partial charge in [-0.2, -0.15) is 5.10 Å². The number of para-hydroxylation sites is 1. The van der Waals surface area contributed by atoms with Gasteiger partial charge < -0.3 is 29.8 Å². The summed E-state index contributed by atoms with van der Waals surface area (Å²) in [5.41, 5.74) is 5.50. The van der Waals surface area contributed by atoms with Crippen LogP contribution in [0.5, 0.6) is 11.5 Å². The van der Waals surface area contributed by atoms with Gasteiger partial charge in [-0.1, -0.05) is 24.3 Å². The Bertz CT molecular complexity index is 1390. The zero-order chi connectivity index (χ0) is 26.4. The van der Waals surface area contributed by atoms with Crippen molar-refractivity contribution >= 4 is 35.0 Å². The SMILES string of the molecule is CCOC(=O)C1=C(C)NC(=O)N[C@@H]1c1ccc(OCC(=O)N/N=C\c2c[nH]c3ccccc23)c(OC)c1. The number of nitrogens with one attached hydrogen (secondary N) is 4. The van der Waals surface area contributed by atoms with Gasteiger partial charge in [0.1, 0.15) is 0 Å². The van der Waals surface area contributed by atoms with Crippen molar-refractivity contribution in [1.29, 1.82) is 0 Å². The Morgan fingerprint density at radius 2 is 1.97 bits per heavy atom. The molecule has 2 heterocycles. The van der Waals surface area contributed by atoms with Gasteiger partial charge in [0.05, 0.1) is 31.5 Å². The van der Waals surface area contributed by atoms with Crippen molar-refractivity contribution in [2.75, 3.05) is 20.3 Å². The largest absolute Gasteiger partial charge is 0.493 e. The molecule has 0 spiro atoms. The number of carbonyl (C=O) groups excluding carboxylic acids is 3. The monoisotopic (exact) mass is 505 g/mol. The lowest BCUT2D eigenvalue weighted by atomic mass is 9.95. The van der Waals surface area contributed by atoms with Gasteiger partial charge in [-0.3, -0.25) is 4.79 Å². The maximum atomic E-state index is 12.5. The molecule has 0 bridgehead atoms. The topological polar surface area (TPSA) is 143 Å². The van der Waals surface area contributed by atoms with Crippen LogP contribution in [0, 0.1) is 0 Å². The fourth-order valence-electron chi connectivity index (χ4n) is 3.96. The van der Waals surface area contributed by atoms with Crippen molar-refractivity contribution < 1.29 is 28.6 Å². The second-order valence-electron chi connectivity index (χ2n) is 8.07. The van der Waals surface area contributed by atoms with Gasteiger partial charge in [0.2, 0.25) is 0 Å². The summed E-state index contributed by atoms with van der Waals surface area (Å²) in [6, 6.07) is 11.5. The predicted octanol–water partition coefficient (Wildman–Crippen LogP) is 2.90. The van der Waals surface area contributed by atoms with Crippen LogP contribution in [0.1, 0.15) is 31.0 Å². The molecule has 11 heteroatoms. The van der Waals surface area contributed by atoms with Gasteiger partial charge in [0, 0.05) is 28.4 Å². The number of allylic oxidation sites excluding steroid dienone is 1. The molecule has 0 aliphatic carbocycles. The van der Waals surface area contributed by atoms with Crippen molar-refractivity contribution in [3.63, 3.8) is 0 Å². The van der Waals surface area contributed by atoms with E-state index in [2.05, 4.69) is 26.1 Å². The summed E-state index contributed by atoms with van der Waals surface area (Å²) < 4.78 is 16.2. The molecule has 2 aromatic carbocycles. The number of aromatic nitrogens is 1. The van der Waals surface area contributed by atoms with Crippen LogP contribution in [-0.2, 0) is 14.3 Å². The smallest absolute Gasteiger partial charge is 0.338 e. The number of rotatable bonds is 9.